The van der Waals surface area contributed by atoms with E-state index in [0.717, 1.165) is 11.8 Å². The van der Waals surface area contributed by atoms with E-state index < -0.39 is 10.7 Å². The van der Waals surface area contributed by atoms with Gasteiger partial charge in [-0.2, -0.15) is 0 Å². The molecule has 5 nitrogen and oxygen atoms in total. The molecule has 1 atom stereocenters. The summed E-state index contributed by atoms with van der Waals surface area (Å²) in [5.74, 6) is -0.0662. The summed E-state index contributed by atoms with van der Waals surface area (Å²) < 4.78 is 18.5. The smallest absolute Gasteiger partial charge is 0.295 e. The van der Waals surface area contributed by atoms with Gasteiger partial charge in [0, 0.05) is 12.5 Å². The minimum absolute atomic E-state index is 0.138. The Morgan fingerprint density at radius 3 is 2.90 bits per heavy atom. The van der Waals surface area contributed by atoms with E-state index >= 15 is 0 Å². The number of furan rings is 1. The number of nitrogens with zero attached hydrogens (tertiary/aromatic N) is 1. The molecule has 1 N–H and O–H groups in total. The first-order valence-electron chi connectivity index (χ1n) is 5.89. The van der Waals surface area contributed by atoms with Crippen LogP contribution in [0.1, 0.15) is 12.7 Å². The van der Waals surface area contributed by atoms with Gasteiger partial charge in [-0.25, -0.2) is 4.39 Å². The van der Waals surface area contributed by atoms with Crippen LogP contribution in [0.3, 0.4) is 0 Å². The summed E-state index contributed by atoms with van der Waals surface area (Å²) in [6.45, 7) is 1.84. The summed E-state index contributed by atoms with van der Waals surface area (Å²) in [5.41, 5.74) is -0.168. The second-order valence-corrected chi connectivity index (χ2v) is 4.78. The van der Waals surface area contributed by atoms with Gasteiger partial charge in [0.2, 0.25) is 0 Å². The molecule has 20 heavy (non-hydrogen) atoms. The van der Waals surface area contributed by atoms with Crippen molar-refractivity contribution in [2.75, 3.05) is 5.32 Å². The van der Waals surface area contributed by atoms with Gasteiger partial charge in [-0.3, -0.25) is 10.1 Å². The molecule has 0 fully saturated rings. The fourth-order valence-corrected chi connectivity index (χ4v) is 2.01. The first kappa shape index (κ1) is 14.3. The Balaban J connectivity index is 2.19. The highest BCUT2D eigenvalue weighted by molar-refractivity contribution is 6.31. The zero-order chi connectivity index (χ0) is 14.7. The van der Waals surface area contributed by atoms with Crippen molar-refractivity contribution in [2.24, 2.45) is 0 Å². The van der Waals surface area contributed by atoms with Gasteiger partial charge in [0.05, 0.1) is 22.3 Å². The zero-order valence-corrected chi connectivity index (χ0v) is 11.4. The fraction of sp³-hybridized carbons (Fsp3) is 0.231. The molecule has 2 rings (SSSR count). The van der Waals surface area contributed by atoms with Crippen LogP contribution in [0.5, 0.6) is 0 Å². The number of hydrogen-bond acceptors (Lipinski definition) is 4. The van der Waals surface area contributed by atoms with Crippen molar-refractivity contribution < 1.29 is 13.7 Å². The van der Waals surface area contributed by atoms with Gasteiger partial charge in [0.1, 0.15) is 17.3 Å². The van der Waals surface area contributed by atoms with Crippen molar-refractivity contribution in [1.82, 2.24) is 0 Å². The number of anilines is 1. The van der Waals surface area contributed by atoms with E-state index in [2.05, 4.69) is 5.32 Å². The normalized spacial score (nSPS) is 12.2. The van der Waals surface area contributed by atoms with Crippen LogP contribution in [-0.4, -0.2) is 11.0 Å². The molecule has 1 heterocycles. The van der Waals surface area contributed by atoms with E-state index in [1.165, 1.54) is 6.07 Å². The third-order valence-electron chi connectivity index (χ3n) is 2.72. The SMILES string of the molecule is CC(Cc1ccco1)Nc1cc(Cl)c(F)cc1[N+](=O)[O-]. The molecule has 0 amide bonds. The average Bonchev–Trinajstić information content (AvgIpc) is 2.85. The number of benzene rings is 1. The molecule has 0 bridgehead atoms. The Labute approximate surface area is 119 Å². The van der Waals surface area contributed by atoms with Crippen LogP contribution in [0.2, 0.25) is 5.02 Å². The first-order chi connectivity index (χ1) is 9.47. The lowest BCUT2D eigenvalue weighted by Gasteiger charge is -2.14. The van der Waals surface area contributed by atoms with E-state index in [4.69, 9.17) is 16.0 Å². The Morgan fingerprint density at radius 2 is 2.30 bits per heavy atom. The Morgan fingerprint density at radius 1 is 1.55 bits per heavy atom. The van der Waals surface area contributed by atoms with E-state index in [9.17, 15) is 14.5 Å². The summed E-state index contributed by atoms with van der Waals surface area (Å²) in [5, 5.41) is 13.7. The minimum atomic E-state index is -0.817. The Hall–Kier alpha value is -2.08. The Bertz CT molecular complexity index is 616. The van der Waals surface area contributed by atoms with Gasteiger partial charge >= 0.3 is 0 Å². The molecule has 1 aromatic heterocycles. The van der Waals surface area contributed by atoms with E-state index in [0.29, 0.717) is 6.42 Å². The van der Waals surface area contributed by atoms with Crippen molar-refractivity contribution in [3.63, 3.8) is 0 Å². The number of nitrogens with one attached hydrogen (secondary N) is 1. The molecule has 0 radical (unpaired) electrons. The number of nitro groups is 1. The molecule has 7 heteroatoms. The lowest BCUT2D eigenvalue weighted by molar-refractivity contribution is -0.384. The molecule has 1 aromatic carbocycles. The van der Waals surface area contributed by atoms with Gasteiger partial charge < -0.3 is 9.73 Å². The second kappa shape index (κ2) is 5.92. The monoisotopic (exact) mass is 298 g/mol. The molecule has 1 unspecified atom stereocenters. The van der Waals surface area contributed by atoms with Crippen LogP contribution in [-0.2, 0) is 6.42 Å². The van der Waals surface area contributed by atoms with Gasteiger partial charge in [0.15, 0.2) is 0 Å². The maximum absolute atomic E-state index is 13.3. The van der Waals surface area contributed by atoms with Crippen molar-refractivity contribution in [3.8, 4) is 0 Å². The van der Waals surface area contributed by atoms with E-state index in [-0.39, 0.29) is 22.4 Å². The summed E-state index contributed by atoms with van der Waals surface area (Å²) >= 11 is 5.66. The molecule has 106 valence electrons. The molecule has 0 aliphatic carbocycles. The summed E-state index contributed by atoms with van der Waals surface area (Å²) in [7, 11) is 0. The topological polar surface area (TPSA) is 68.3 Å². The summed E-state index contributed by atoms with van der Waals surface area (Å²) in [4.78, 5) is 10.3. The van der Waals surface area contributed by atoms with Gasteiger partial charge in [-0.05, 0) is 25.1 Å². The lowest BCUT2D eigenvalue weighted by atomic mass is 10.1. The van der Waals surface area contributed by atoms with Crippen LogP contribution in [0.15, 0.2) is 34.9 Å². The van der Waals surface area contributed by atoms with E-state index in [1.54, 1.807) is 12.3 Å². The molecule has 0 spiro atoms. The highest BCUT2D eigenvalue weighted by Crippen LogP contribution is 2.31. The third-order valence-corrected chi connectivity index (χ3v) is 3.01. The molecular formula is C13H12ClFN2O3. The fourth-order valence-electron chi connectivity index (χ4n) is 1.85. The largest absolute Gasteiger partial charge is 0.469 e. The molecule has 0 saturated carbocycles. The van der Waals surface area contributed by atoms with Crippen LogP contribution >= 0.6 is 11.6 Å². The number of halogens is 2. The van der Waals surface area contributed by atoms with Crippen molar-refractivity contribution in [2.45, 2.75) is 19.4 Å². The maximum Gasteiger partial charge on any atom is 0.295 e. The summed E-state index contributed by atoms with van der Waals surface area (Å²) in [6, 6.07) is 5.46. The minimum Gasteiger partial charge on any atom is -0.469 e. The van der Waals surface area contributed by atoms with Crippen LogP contribution in [0.25, 0.3) is 0 Å². The van der Waals surface area contributed by atoms with Crippen molar-refractivity contribution in [1.29, 1.82) is 0 Å². The van der Waals surface area contributed by atoms with E-state index in [1.807, 2.05) is 13.0 Å². The molecule has 2 aromatic rings. The number of rotatable bonds is 5. The van der Waals surface area contributed by atoms with Gasteiger partial charge in [-0.1, -0.05) is 11.6 Å². The molecule has 0 aliphatic heterocycles. The molecule has 0 saturated heterocycles. The zero-order valence-electron chi connectivity index (χ0n) is 10.6. The predicted molar refractivity (Wildman–Crippen MR) is 73.6 cm³/mol. The quantitative estimate of drug-likeness (QED) is 0.668. The van der Waals surface area contributed by atoms with Crippen molar-refractivity contribution >= 4 is 23.0 Å². The van der Waals surface area contributed by atoms with Crippen LogP contribution in [0.4, 0.5) is 15.8 Å². The Kier molecular flexibility index (Phi) is 4.24. The highest BCUT2D eigenvalue weighted by atomic mass is 35.5. The van der Waals surface area contributed by atoms with Crippen molar-refractivity contribution in [3.05, 3.63) is 57.2 Å². The first-order valence-corrected chi connectivity index (χ1v) is 6.27. The van der Waals surface area contributed by atoms with Crippen LogP contribution in [0, 0.1) is 15.9 Å². The van der Waals surface area contributed by atoms with Crippen LogP contribution < -0.4 is 5.32 Å². The number of nitro benzene ring substituents is 1. The third kappa shape index (κ3) is 3.27. The lowest BCUT2D eigenvalue weighted by Crippen LogP contribution is -2.18. The van der Waals surface area contributed by atoms with Gasteiger partial charge in [0.25, 0.3) is 5.69 Å². The van der Waals surface area contributed by atoms with Gasteiger partial charge in [-0.15, -0.1) is 0 Å². The molecule has 0 aliphatic rings. The standard InChI is InChI=1S/C13H12ClFN2O3/c1-8(5-9-3-2-4-20-9)16-12-6-10(14)11(15)7-13(12)17(18)19/h2-4,6-8,16H,5H2,1H3. The second-order valence-electron chi connectivity index (χ2n) is 4.37. The highest BCUT2D eigenvalue weighted by Gasteiger charge is 2.19. The molecular weight excluding hydrogens is 287 g/mol. The average molecular weight is 299 g/mol. The maximum atomic E-state index is 13.3. The number of hydrogen-bond donors (Lipinski definition) is 1. The predicted octanol–water partition coefficient (Wildman–Crippen LogP) is 4.02. The summed E-state index contributed by atoms with van der Waals surface area (Å²) in [6.07, 6.45) is 2.10.